The zero-order valence-corrected chi connectivity index (χ0v) is 11.2. The van der Waals surface area contributed by atoms with Gasteiger partial charge >= 0.3 is 0 Å². The number of hydrogen-bond donors (Lipinski definition) is 2. The van der Waals surface area contributed by atoms with Gasteiger partial charge in [0.15, 0.2) is 5.76 Å². The number of amides is 1. The highest BCUT2D eigenvalue weighted by atomic mass is 35.5. The van der Waals surface area contributed by atoms with Gasteiger partial charge in [-0.3, -0.25) is 4.79 Å². The first kappa shape index (κ1) is 13.6. The van der Waals surface area contributed by atoms with Gasteiger partial charge in [0.05, 0.1) is 0 Å². The predicted molar refractivity (Wildman–Crippen MR) is 71.0 cm³/mol. The number of aliphatic hydroxyl groups excluding tert-OH is 1. The number of carbonyl (C=O) groups excluding carboxylic acids is 1. The van der Waals surface area contributed by atoms with Crippen molar-refractivity contribution in [3.8, 4) is 11.3 Å². The van der Waals surface area contributed by atoms with Crippen LogP contribution in [0.25, 0.3) is 11.3 Å². The van der Waals surface area contributed by atoms with Crippen LogP contribution in [0.5, 0.6) is 0 Å². The molecule has 0 aliphatic rings. The molecule has 1 amide bonds. The molecular weight excluding hydrogens is 268 g/mol. The van der Waals surface area contributed by atoms with Gasteiger partial charge in [0.1, 0.15) is 17.4 Å². The lowest BCUT2D eigenvalue weighted by Crippen LogP contribution is -2.20. The van der Waals surface area contributed by atoms with Crippen molar-refractivity contribution in [3.05, 3.63) is 40.6 Å². The highest BCUT2D eigenvalue weighted by Crippen LogP contribution is 2.29. The molecule has 2 aromatic rings. The number of nitrogens with one attached hydrogen (secondary N) is 1. The molecule has 1 atom stereocenters. The number of aromatic nitrogens is 1. The quantitative estimate of drug-likeness (QED) is 0.905. The summed E-state index contributed by atoms with van der Waals surface area (Å²) >= 11 is 5.82. The summed E-state index contributed by atoms with van der Waals surface area (Å²) in [6, 6.07) is 6.86. The Balaban J connectivity index is 2.57. The van der Waals surface area contributed by atoms with Crippen LogP contribution in [-0.4, -0.2) is 23.2 Å². The van der Waals surface area contributed by atoms with Crippen LogP contribution < -0.4 is 5.32 Å². The zero-order chi connectivity index (χ0) is 14.0. The van der Waals surface area contributed by atoms with Gasteiger partial charge in [0, 0.05) is 17.6 Å². The van der Waals surface area contributed by atoms with Crippen molar-refractivity contribution < 1.29 is 14.4 Å². The van der Waals surface area contributed by atoms with E-state index < -0.39 is 6.10 Å². The molecule has 0 spiro atoms. The van der Waals surface area contributed by atoms with Crippen molar-refractivity contribution in [1.29, 1.82) is 0 Å². The van der Waals surface area contributed by atoms with Crippen LogP contribution >= 0.6 is 11.6 Å². The first-order chi connectivity index (χ1) is 9.04. The Kier molecular flexibility index (Phi) is 3.87. The fraction of sp³-hybridized carbons (Fsp3) is 0.231. The number of carbonyl (C=O) groups is 1. The summed E-state index contributed by atoms with van der Waals surface area (Å²) < 4.78 is 5.07. The third-order valence-electron chi connectivity index (χ3n) is 2.67. The number of rotatable bonds is 3. The van der Waals surface area contributed by atoms with Crippen molar-refractivity contribution in [1.82, 2.24) is 10.5 Å². The summed E-state index contributed by atoms with van der Waals surface area (Å²) in [6.45, 7) is 1.51. The number of hydrogen-bond acceptors (Lipinski definition) is 4. The molecule has 1 unspecified atom stereocenters. The summed E-state index contributed by atoms with van der Waals surface area (Å²) in [5, 5.41) is 16.6. The Morgan fingerprint density at radius 2 is 2.05 bits per heavy atom. The molecule has 19 heavy (non-hydrogen) atoms. The smallest absolute Gasteiger partial charge is 0.257 e. The lowest BCUT2D eigenvalue weighted by Gasteiger charge is -2.04. The van der Waals surface area contributed by atoms with Crippen LogP contribution in [-0.2, 0) is 0 Å². The minimum absolute atomic E-state index is 0.143. The monoisotopic (exact) mass is 280 g/mol. The molecule has 0 saturated heterocycles. The van der Waals surface area contributed by atoms with Gasteiger partial charge in [-0.2, -0.15) is 0 Å². The first-order valence-electron chi connectivity index (χ1n) is 5.70. The second kappa shape index (κ2) is 5.42. The van der Waals surface area contributed by atoms with E-state index in [4.69, 9.17) is 16.1 Å². The number of nitrogens with zero attached hydrogens (tertiary/aromatic N) is 1. The molecule has 5 nitrogen and oxygen atoms in total. The molecule has 0 aliphatic heterocycles. The Hall–Kier alpha value is -1.85. The SMILES string of the molecule is CNC(=O)c1c(-c2ccc(Cl)cc2)noc1C(C)O. The summed E-state index contributed by atoms with van der Waals surface area (Å²) in [4.78, 5) is 11.9. The highest BCUT2D eigenvalue weighted by Gasteiger charge is 2.25. The topological polar surface area (TPSA) is 75.4 Å². The Morgan fingerprint density at radius 3 is 2.58 bits per heavy atom. The van der Waals surface area contributed by atoms with Gasteiger partial charge in [0.25, 0.3) is 5.91 Å². The van der Waals surface area contributed by atoms with Crippen LogP contribution in [0.1, 0.15) is 29.1 Å². The second-order valence-electron chi connectivity index (χ2n) is 4.03. The second-order valence-corrected chi connectivity index (χ2v) is 4.47. The van der Waals surface area contributed by atoms with Crippen LogP contribution in [0.3, 0.4) is 0 Å². The number of halogens is 1. The third-order valence-corrected chi connectivity index (χ3v) is 2.92. The van der Waals surface area contributed by atoms with E-state index in [2.05, 4.69) is 10.5 Å². The fourth-order valence-corrected chi connectivity index (χ4v) is 1.86. The summed E-state index contributed by atoms with van der Waals surface area (Å²) in [5.74, 6) is -0.216. The molecule has 1 aromatic carbocycles. The molecule has 100 valence electrons. The van der Waals surface area contributed by atoms with E-state index in [1.807, 2.05) is 0 Å². The van der Waals surface area contributed by atoms with E-state index >= 15 is 0 Å². The molecule has 2 N–H and O–H groups in total. The van der Waals surface area contributed by atoms with E-state index in [-0.39, 0.29) is 17.2 Å². The van der Waals surface area contributed by atoms with Gasteiger partial charge in [0.2, 0.25) is 0 Å². The minimum atomic E-state index is -0.916. The Labute approximate surface area is 115 Å². The standard InChI is InChI=1S/C13H13ClN2O3/c1-7(17)12-10(13(18)15-2)11(16-19-12)8-3-5-9(14)6-4-8/h3-7,17H,1-2H3,(H,15,18). The van der Waals surface area contributed by atoms with Gasteiger partial charge in [-0.1, -0.05) is 28.9 Å². The van der Waals surface area contributed by atoms with Crippen LogP contribution in [0, 0.1) is 0 Å². The largest absolute Gasteiger partial charge is 0.385 e. The minimum Gasteiger partial charge on any atom is -0.385 e. The van der Waals surface area contributed by atoms with Crippen molar-refractivity contribution in [3.63, 3.8) is 0 Å². The molecule has 0 aliphatic carbocycles. The molecular formula is C13H13ClN2O3. The Morgan fingerprint density at radius 1 is 1.42 bits per heavy atom. The fourth-order valence-electron chi connectivity index (χ4n) is 1.74. The maximum absolute atomic E-state index is 11.9. The average Bonchev–Trinajstić information content (AvgIpc) is 2.83. The highest BCUT2D eigenvalue weighted by molar-refractivity contribution is 6.30. The maximum Gasteiger partial charge on any atom is 0.257 e. The molecule has 0 saturated carbocycles. The third kappa shape index (κ3) is 2.62. The normalized spacial score (nSPS) is 12.2. The van der Waals surface area contributed by atoms with Crippen LogP contribution in [0.2, 0.25) is 5.02 Å². The van der Waals surface area contributed by atoms with E-state index in [0.29, 0.717) is 16.3 Å². The van der Waals surface area contributed by atoms with Crippen LogP contribution in [0.4, 0.5) is 0 Å². The molecule has 6 heteroatoms. The van der Waals surface area contributed by atoms with E-state index in [9.17, 15) is 9.90 Å². The molecule has 1 aromatic heterocycles. The predicted octanol–water partition coefficient (Wildman–Crippen LogP) is 2.41. The summed E-state index contributed by atoms with van der Waals surface area (Å²) in [5.41, 5.74) is 1.31. The first-order valence-corrected chi connectivity index (χ1v) is 6.08. The van der Waals surface area contributed by atoms with E-state index in [0.717, 1.165) is 0 Å². The van der Waals surface area contributed by atoms with E-state index in [1.54, 1.807) is 24.3 Å². The maximum atomic E-state index is 11.9. The molecule has 2 rings (SSSR count). The number of benzene rings is 1. The Bertz CT molecular complexity index is 590. The molecule has 0 fully saturated rings. The van der Waals surface area contributed by atoms with Gasteiger partial charge < -0.3 is 14.9 Å². The van der Waals surface area contributed by atoms with Crippen molar-refractivity contribution in [2.45, 2.75) is 13.0 Å². The molecule has 0 bridgehead atoms. The summed E-state index contributed by atoms with van der Waals surface area (Å²) in [7, 11) is 1.51. The van der Waals surface area contributed by atoms with Crippen molar-refractivity contribution in [2.75, 3.05) is 7.05 Å². The lowest BCUT2D eigenvalue weighted by atomic mass is 10.0. The molecule has 1 heterocycles. The van der Waals surface area contributed by atoms with Gasteiger partial charge in [-0.25, -0.2) is 0 Å². The van der Waals surface area contributed by atoms with Crippen molar-refractivity contribution >= 4 is 17.5 Å². The molecule has 0 radical (unpaired) electrons. The van der Waals surface area contributed by atoms with E-state index in [1.165, 1.54) is 14.0 Å². The zero-order valence-electron chi connectivity index (χ0n) is 10.5. The van der Waals surface area contributed by atoms with Crippen LogP contribution in [0.15, 0.2) is 28.8 Å². The average molecular weight is 281 g/mol. The number of aliphatic hydroxyl groups is 1. The van der Waals surface area contributed by atoms with Gasteiger partial charge in [-0.05, 0) is 19.1 Å². The summed E-state index contributed by atoms with van der Waals surface area (Å²) in [6.07, 6.45) is -0.916. The van der Waals surface area contributed by atoms with Gasteiger partial charge in [-0.15, -0.1) is 0 Å². The van der Waals surface area contributed by atoms with Crippen molar-refractivity contribution in [2.24, 2.45) is 0 Å². The lowest BCUT2D eigenvalue weighted by molar-refractivity contribution is 0.0950.